The van der Waals surface area contributed by atoms with Gasteiger partial charge in [0.2, 0.25) is 0 Å². The number of rotatable bonds is 5. The van der Waals surface area contributed by atoms with E-state index in [1.807, 2.05) is 24.3 Å². The third kappa shape index (κ3) is 3.41. The molecule has 0 amide bonds. The summed E-state index contributed by atoms with van der Waals surface area (Å²) < 4.78 is 19.8. The molecule has 0 aromatic heterocycles. The molecular formula is C21H19ClFNO. The molecule has 3 rings (SSSR count). The monoisotopic (exact) mass is 355 g/mol. The average Bonchev–Trinajstić information content (AvgIpc) is 3.13. The third-order valence-electron chi connectivity index (χ3n) is 5.06. The highest BCUT2D eigenvalue weighted by molar-refractivity contribution is 6.25. The Labute approximate surface area is 152 Å². The van der Waals surface area contributed by atoms with Gasteiger partial charge in [0.15, 0.2) is 11.6 Å². The van der Waals surface area contributed by atoms with Gasteiger partial charge in [0.25, 0.3) is 0 Å². The summed E-state index contributed by atoms with van der Waals surface area (Å²) in [5.74, 6) is 0.275. The Hall–Kier alpha value is -2.31. The van der Waals surface area contributed by atoms with Crippen LogP contribution < -0.4 is 4.74 Å². The van der Waals surface area contributed by atoms with Crippen molar-refractivity contribution in [1.29, 1.82) is 5.26 Å². The Morgan fingerprint density at radius 3 is 2.60 bits per heavy atom. The molecule has 128 valence electrons. The summed E-state index contributed by atoms with van der Waals surface area (Å²) in [6, 6.07) is 16.1. The molecule has 0 bridgehead atoms. The van der Waals surface area contributed by atoms with Gasteiger partial charge in [-0.3, -0.25) is 0 Å². The summed E-state index contributed by atoms with van der Waals surface area (Å²) in [7, 11) is 0. The maximum atomic E-state index is 14.2. The topological polar surface area (TPSA) is 33.0 Å². The number of nitriles is 1. The summed E-state index contributed by atoms with van der Waals surface area (Å²) >= 11 is 5.73. The SMILES string of the molecule is CC1(C)[C@H](C(C#N)c2ccc(F)c(Oc3ccccc3)c2)[C@@H]1C=CCl. The average molecular weight is 356 g/mol. The van der Waals surface area contributed by atoms with Crippen LogP contribution in [0.3, 0.4) is 0 Å². The number of ether oxygens (including phenoxy) is 1. The summed E-state index contributed by atoms with van der Waals surface area (Å²) in [6.45, 7) is 4.24. The summed E-state index contributed by atoms with van der Waals surface area (Å²) in [6.07, 6.45) is 1.93. The van der Waals surface area contributed by atoms with E-state index in [1.165, 1.54) is 11.6 Å². The highest BCUT2D eigenvalue weighted by Gasteiger charge is 2.59. The lowest BCUT2D eigenvalue weighted by Crippen LogP contribution is -2.04. The van der Waals surface area contributed by atoms with E-state index in [1.54, 1.807) is 24.3 Å². The lowest BCUT2D eigenvalue weighted by Gasteiger charge is -2.14. The summed E-state index contributed by atoms with van der Waals surface area (Å²) in [4.78, 5) is 0. The van der Waals surface area contributed by atoms with Gasteiger partial charge in [0.05, 0.1) is 12.0 Å². The molecule has 1 aliphatic carbocycles. The van der Waals surface area contributed by atoms with Gasteiger partial charge in [-0.1, -0.05) is 55.8 Å². The van der Waals surface area contributed by atoms with E-state index in [2.05, 4.69) is 19.9 Å². The Morgan fingerprint density at radius 1 is 1.24 bits per heavy atom. The zero-order valence-electron chi connectivity index (χ0n) is 14.1. The van der Waals surface area contributed by atoms with Crippen molar-refractivity contribution >= 4 is 11.6 Å². The van der Waals surface area contributed by atoms with Crippen molar-refractivity contribution in [2.75, 3.05) is 0 Å². The minimum atomic E-state index is -0.448. The third-order valence-corrected chi connectivity index (χ3v) is 5.21. The van der Waals surface area contributed by atoms with Crippen LogP contribution >= 0.6 is 11.6 Å². The number of hydrogen-bond acceptors (Lipinski definition) is 2. The lowest BCUT2D eigenvalue weighted by atomic mass is 9.91. The number of halogens is 2. The lowest BCUT2D eigenvalue weighted by molar-refractivity contribution is 0.440. The number of para-hydroxylation sites is 1. The molecule has 0 heterocycles. The summed E-state index contributed by atoms with van der Waals surface area (Å²) in [5, 5.41) is 9.72. The van der Waals surface area contributed by atoms with Crippen LogP contribution in [-0.2, 0) is 0 Å². The number of nitrogens with zero attached hydrogens (tertiary/aromatic N) is 1. The quantitative estimate of drug-likeness (QED) is 0.635. The van der Waals surface area contributed by atoms with Gasteiger partial charge in [0, 0.05) is 5.54 Å². The van der Waals surface area contributed by atoms with Gasteiger partial charge in [-0.05, 0) is 47.1 Å². The highest BCUT2D eigenvalue weighted by atomic mass is 35.5. The molecule has 0 radical (unpaired) electrons. The highest BCUT2D eigenvalue weighted by Crippen LogP contribution is 2.64. The molecule has 25 heavy (non-hydrogen) atoms. The van der Waals surface area contributed by atoms with E-state index in [0.717, 1.165) is 5.56 Å². The molecule has 2 aromatic rings. The van der Waals surface area contributed by atoms with Crippen molar-refractivity contribution in [2.45, 2.75) is 19.8 Å². The minimum absolute atomic E-state index is 0.0133. The minimum Gasteiger partial charge on any atom is -0.454 e. The molecule has 1 fully saturated rings. The standard InChI is InChI=1S/C21H19ClFNO/c1-21(2)17(10-11-22)20(21)16(13-24)14-8-9-18(23)19(12-14)25-15-6-4-3-5-7-15/h3-12,16-17,20H,1-2H3/t16?,17-,20+/m0/s1. The van der Waals surface area contributed by atoms with Crippen LogP contribution in [0, 0.1) is 34.4 Å². The first kappa shape index (κ1) is 17.5. The second-order valence-corrected chi connectivity index (χ2v) is 7.16. The Morgan fingerprint density at radius 2 is 1.96 bits per heavy atom. The normalized spacial score (nSPS) is 22.4. The second kappa shape index (κ2) is 6.90. The van der Waals surface area contributed by atoms with E-state index in [9.17, 15) is 9.65 Å². The zero-order chi connectivity index (χ0) is 18.0. The largest absolute Gasteiger partial charge is 0.454 e. The number of benzene rings is 2. The second-order valence-electron chi connectivity index (χ2n) is 6.90. The van der Waals surface area contributed by atoms with Gasteiger partial charge in [-0.2, -0.15) is 5.26 Å². The van der Waals surface area contributed by atoms with Crippen LogP contribution in [0.2, 0.25) is 0 Å². The first-order chi connectivity index (χ1) is 12.0. The molecule has 1 unspecified atom stereocenters. The van der Waals surface area contributed by atoms with Crippen molar-refractivity contribution in [3.8, 4) is 17.6 Å². The van der Waals surface area contributed by atoms with E-state index in [4.69, 9.17) is 16.3 Å². The van der Waals surface area contributed by atoms with Gasteiger partial charge in [-0.25, -0.2) is 4.39 Å². The van der Waals surface area contributed by atoms with Crippen LogP contribution in [0.15, 0.2) is 60.1 Å². The van der Waals surface area contributed by atoms with Crippen molar-refractivity contribution in [3.05, 3.63) is 71.5 Å². The Kier molecular flexibility index (Phi) is 4.83. The van der Waals surface area contributed by atoms with Gasteiger partial charge in [0.1, 0.15) is 5.75 Å². The Bertz CT molecular complexity index is 826. The van der Waals surface area contributed by atoms with Crippen molar-refractivity contribution in [2.24, 2.45) is 17.3 Å². The van der Waals surface area contributed by atoms with Gasteiger partial charge >= 0.3 is 0 Å². The fourth-order valence-electron chi connectivity index (χ4n) is 3.57. The number of allylic oxidation sites excluding steroid dienone is 1. The van der Waals surface area contributed by atoms with Gasteiger partial charge in [-0.15, -0.1) is 0 Å². The van der Waals surface area contributed by atoms with E-state index in [-0.39, 0.29) is 28.9 Å². The Balaban J connectivity index is 1.90. The predicted molar refractivity (Wildman–Crippen MR) is 97.0 cm³/mol. The fourth-order valence-corrected chi connectivity index (χ4v) is 3.73. The maximum absolute atomic E-state index is 14.2. The van der Waals surface area contributed by atoms with Crippen molar-refractivity contribution < 1.29 is 9.13 Å². The maximum Gasteiger partial charge on any atom is 0.165 e. The van der Waals surface area contributed by atoms with Crippen LogP contribution in [0.4, 0.5) is 4.39 Å². The molecule has 2 nitrogen and oxygen atoms in total. The van der Waals surface area contributed by atoms with E-state index >= 15 is 0 Å². The number of hydrogen-bond donors (Lipinski definition) is 0. The molecule has 3 atom stereocenters. The van der Waals surface area contributed by atoms with Crippen LogP contribution in [0.5, 0.6) is 11.5 Å². The zero-order valence-corrected chi connectivity index (χ0v) is 14.9. The first-order valence-corrected chi connectivity index (χ1v) is 8.61. The molecule has 1 aliphatic rings. The molecule has 0 N–H and O–H groups in total. The van der Waals surface area contributed by atoms with Crippen molar-refractivity contribution in [1.82, 2.24) is 0 Å². The first-order valence-electron chi connectivity index (χ1n) is 8.18. The molecule has 0 spiro atoms. The van der Waals surface area contributed by atoms with Crippen LogP contribution in [-0.4, -0.2) is 0 Å². The molecule has 0 aliphatic heterocycles. The van der Waals surface area contributed by atoms with Crippen molar-refractivity contribution in [3.63, 3.8) is 0 Å². The molecule has 1 saturated carbocycles. The van der Waals surface area contributed by atoms with Crippen LogP contribution in [0.25, 0.3) is 0 Å². The van der Waals surface area contributed by atoms with E-state index < -0.39 is 5.82 Å². The molecular weight excluding hydrogens is 337 g/mol. The molecule has 4 heteroatoms. The van der Waals surface area contributed by atoms with Crippen LogP contribution in [0.1, 0.15) is 25.3 Å². The predicted octanol–water partition coefficient (Wildman–Crippen LogP) is 6.25. The fraction of sp³-hybridized carbons (Fsp3) is 0.286. The van der Waals surface area contributed by atoms with E-state index in [0.29, 0.717) is 5.75 Å². The molecule has 2 aromatic carbocycles. The smallest absolute Gasteiger partial charge is 0.165 e. The summed E-state index contributed by atoms with van der Waals surface area (Å²) in [5.41, 5.74) is 2.26. The van der Waals surface area contributed by atoms with Gasteiger partial charge < -0.3 is 4.74 Å². The molecule has 0 saturated heterocycles.